The average molecular weight is 276 g/mol. The largest absolute Gasteiger partial charge is 0.478 e. The second-order valence-corrected chi connectivity index (χ2v) is 4.08. The lowest BCUT2D eigenvalue weighted by atomic mass is 10.1. The molecular formula is C12H12ClF2NO2. The molecule has 98 valence electrons. The summed E-state index contributed by atoms with van der Waals surface area (Å²) >= 11 is 5.81. The van der Waals surface area contributed by atoms with Crippen LogP contribution in [-0.2, 0) is 4.79 Å². The minimum absolute atomic E-state index is 0.401. The third-order valence-corrected chi connectivity index (χ3v) is 2.46. The number of benzene rings is 1. The molecule has 0 spiro atoms. The standard InChI is InChI=1S/C12H12ClF2NO2/c1-16(7-11(14)15)10-6-9(13)4-2-8(10)3-5-12(17)18/h2-6,11H,7H2,1H3,(H,17,18)/b5-3+. The molecular weight excluding hydrogens is 264 g/mol. The van der Waals surface area contributed by atoms with Crippen LogP contribution in [0, 0.1) is 0 Å². The van der Waals surface area contributed by atoms with Crippen LogP contribution in [-0.4, -0.2) is 31.1 Å². The van der Waals surface area contributed by atoms with Crippen LogP contribution in [0.2, 0.25) is 5.02 Å². The van der Waals surface area contributed by atoms with E-state index in [9.17, 15) is 13.6 Å². The first-order chi connectivity index (χ1) is 8.40. The lowest BCUT2D eigenvalue weighted by Crippen LogP contribution is -2.24. The highest BCUT2D eigenvalue weighted by Crippen LogP contribution is 2.25. The Kier molecular flexibility index (Phi) is 5.09. The number of hydrogen-bond donors (Lipinski definition) is 1. The van der Waals surface area contributed by atoms with Crippen molar-refractivity contribution in [3.05, 3.63) is 34.9 Å². The van der Waals surface area contributed by atoms with Crippen LogP contribution >= 0.6 is 11.6 Å². The third-order valence-electron chi connectivity index (χ3n) is 2.22. The van der Waals surface area contributed by atoms with E-state index < -0.39 is 18.9 Å². The molecule has 6 heteroatoms. The molecule has 3 nitrogen and oxygen atoms in total. The van der Waals surface area contributed by atoms with Gasteiger partial charge in [-0.25, -0.2) is 13.6 Å². The monoisotopic (exact) mass is 275 g/mol. The van der Waals surface area contributed by atoms with Gasteiger partial charge in [-0.15, -0.1) is 0 Å². The van der Waals surface area contributed by atoms with Gasteiger partial charge in [0.05, 0.1) is 6.54 Å². The summed E-state index contributed by atoms with van der Waals surface area (Å²) in [5.74, 6) is -1.10. The van der Waals surface area contributed by atoms with Crippen molar-refractivity contribution in [1.82, 2.24) is 0 Å². The van der Waals surface area contributed by atoms with Crippen LogP contribution in [0.15, 0.2) is 24.3 Å². The van der Waals surface area contributed by atoms with E-state index in [1.807, 2.05) is 0 Å². The van der Waals surface area contributed by atoms with Crippen molar-refractivity contribution >= 4 is 29.3 Å². The first kappa shape index (κ1) is 14.4. The topological polar surface area (TPSA) is 40.5 Å². The molecule has 0 saturated heterocycles. The number of halogens is 3. The van der Waals surface area contributed by atoms with Crippen LogP contribution in [0.4, 0.5) is 14.5 Å². The molecule has 0 aliphatic carbocycles. The number of anilines is 1. The van der Waals surface area contributed by atoms with E-state index in [0.29, 0.717) is 16.3 Å². The lowest BCUT2D eigenvalue weighted by molar-refractivity contribution is -0.131. The number of hydrogen-bond acceptors (Lipinski definition) is 2. The summed E-state index contributed by atoms with van der Waals surface area (Å²) in [6, 6.07) is 4.67. The number of carboxylic acid groups (broad SMARTS) is 1. The van der Waals surface area contributed by atoms with Crippen molar-refractivity contribution < 1.29 is 18.7 Å². The highest BCUT2D eigenvalue weighted by molar-refractivity contribution is 6.31. The maximum atomic E-state index is 12.3. The van der Waals surface area contributed by atoms with E-state index in [1.165, 1.54) is 24.1 Å². The van der Waals surface area contributed by atoms with Crippen LogP contribution in [0.25, 0.3) is 6.08 Å². The van der Waals surface area contributed by atoms with Gasteiger partial charge in [0.1, 0.15) is 0 Å². The van der Waals surface area contributed by atoms with Crippen molar-refractivity contribution in [2.24, 2.45) is 0 Å². The number of carboxylic acids is 1. The number of carbonyl (C=O) groups is 1. The fraction of sp³-hybridized carbons (Fsp3) is 0.250. The molecule has 0 aromatic heterocycles. The maximum absolute atomic E-state index is 12.3. The molecule has 1 rings (SSSR count). The SMILES string of the molecule is CN(CC(F)F)c1cc(Cl)ccc1/C=C/C(=O)O. The van der Waals surface area contributed by atoms with E-state index in [-0.39, 0.29) is 0 Å². The van der Waals surface area contributed by atoms with E-state index >= 15 is 0 Å². The zero-order chi connectivity index (χ0) is 13.7. The van der Waals surface area contributed by atoms with E-state index in [1.54, 1.807) is 12.1 Å². The van der Waals surface area contributed by atoms with Crippen LogP contribution in [0.5, 0.6) is 0 Å². The molecule has 0 radical (unpaired) electrons. The quantitative estimate of drug-likeness (QED) is 0.839. The number of nitrogens with zero attached hydrogens (tertiary/aromatic N) is 1. The third kappa shape index (κ3) is 4.33. The smallest absolute Gasteiger partial charge is 0.328 e. The first-order valence-corrected chi connectivity index (χ1v) is 5.48. The number of rotatable bonds is 5. The summed E-state index contributed by atoms with van der Waals surface area (Å²) < 4.78 is 24.7. The Bertz CT molecular complexity index is 463. The fourth-order valence-electron chi connectivity index (χ4n) is 1.45. The Morgan fingerprint density at radius 3 is 2.78 bits per heavy atom. The average Bonchev–Trinajstić information content (AvgIpc) is 2.26. The zero-order valence-electron chi connectivity index (χ0n) is 9.61. The van der Waals surface area contributed by atoms with Gasteiger partial charge in [-0.2, -0.15) is 0 Å². The van der Waals surface area contributed by atoms with Crippen molar-refractivity contribution in [3.63, 3.8) is 0 Å². The predicted octanol–water partition coefficient (Wildman–Crippen LogP) is 3.14. The van der Waals surface area contributed by atoms with Gasteiger partial charge in [0.25, 0.3) is 6.43 Å². The highest BCUT2D eigenvalue weighted by atomic mass is 35.5. The van der Waals surface area contributed by atoms with Gasteiger partial charge in [0, 0.05) is 23.8 Å². The van der Waals surface area contributed by atoms with E-state index in [0.717, 1.165) is 6.08 Å². The molecule has 0 aliphatic rings. The van der Waals surface area contributed by atoms with Crippen LogP contribution in [0.3, 0.4) is 0 Å². The summed E-state index contributed by atoms with van der Waals surface area (Å²) in [5, 5.41) is 8.96. The second kappa shape index (κ2) is 6.35. The molecule has 0 saturated carbocycles. The van der Waals surface area contributed by atoms with Gasteiger partial charge in [0.15, 0.2) is 0 Å². The molecule has 0 unspecified atom stereocenters. The molecule has 0 bridgehead atoms. The summed E-state index contributed by atoms with van der Waals surface area (Å²) in [7, 11) is 1.50. The zero-order valence-corrected chi connectivity index (χ0v) is 10.4. The van der Waals surface area contributed by atoms with Crippen LogP contribution < -0.4 is 4.90 Å². The number of aliphatic carboxylic acids is 1. The van der Waals surface area contributed by atoms with Crippen molar-refractivity contribution in [1.29, 1.82) is 0 Å². The maximum Gasteiger partial charge on any atom is 0.328 e. The van der Waals surface area contributed by atoms with Gasteiger partial charge in [-0.1, -0.05) is 17.7 Å². The lowest BCUT2D eigenvalue weighted by Gasteiger charge is -2.21. The summed E-state index contributed by atoms with van der Waals surface area (Å²) in [5.41, 5.74) is 0.977. The number of alkyl halides is 2. The van der Waals surface area contributed by atoms with E-state index in [4.69, 9.17) is 16.7 Å². The summed E-state index contributed by atoms with van der Waals surface area (Å²) in [4.78, 5) is 11.8. The minimum Gasteiger partial charge on any atom is -0.478 e. The Labute approximate surface area is 108 Å². The molecule has 0 aliphatic heterocycles. The normalized spacial score (nSPS) is 11.2. The Balaban J connectivity index is 3.06. The highest BCUT2D eigenvalue weighted by Gasteiger charge is 2.11. The molecule has 1 aromatic rings. The molecule has 18 heavy (non-hydrogen) atoms. The van der Waals surface area contributed by atoms with Gasteiger partial charge in [-0.05, 0) is 23.8 Å². The molecule has 0 heterocycles. The minimum atomic E-state index is -2.48. The Hall–Kier alpha value is -1.62. The van der Waals surface area contributed by atoms with Gasteiger partial charge >= 0.3 is 5.97 Å². The van der Waals surface area contributed by atoms with Crippen molar-refractivity contribution in [2.45, 2.75) is 6.43 Å². The molecule has 0 fully saturated rings. The van der Waals surface area contributed by atoms with Crippen molar-refractivity contribution in [2.75, 3.05) is 18.5 Å². The molecule has 1 aromatic carbocycles. The van der Waals surface area contributed by atoms with Crippen molar-refractivity contribution in [3.8, 4) is 0 Å². The Morgan fingerprint density at radius 1 is 1.56 bits per heavy atom. The van der Waals surface area contributed by atoms with E-state index in [2.05, 4.69) is 0 Å². The van der Waals surface area contributed by atoms with Gasteiger partial charge in [0.2, 0.25) is 0 Å². The Morgan fingerprint density at radius 2 is 2.22 bits per heavy atom. The van der Waals surface area contributed by atoms with Gasteiger partial charge < -0.3 is 10.0 Å². The molecule has 0 amide bonds. The second-order valence-electron chi connectivity index (χ2n) is 3.65. The molecule has 1 N–H and O–H groups in total. The summed E-state index contributed by atoms with van der Waals surface area (Å²) in [6.45, 7) is -0.450. The molecule has 0 atom stereocenters. The first-order valence-electron chi connectivity index (χ1n) is 5.10. The van der Waals surface area contributed by atoms with Crippen LogP contribution in [0.1, 0.15) is 5.56 Å². The predicted molar refractivity (Wildman–Crippen MR) is 67.4 cm³/mol. The summed E-state index contributed by atoms with van der Waals surface area (Å²) in [6.07, 6.45) is -0.191. The fourth-order valence-corrected chi connectivity index (χ4v) is 1.62. The van der Waals surface area contributed by atoms with Gasteiger partial charge in [-0.3, -0.25) is 0 Å².